The third-order valence-corrected chi connectivity index (χ3v) is 4.74. The Morgan fingerprint density at radius 1 is 1.15 bits per heavy atom. The predicted molar refractivity (Wildman–Crippen MR) is 102 cm³/mol. The standard InChI is InChI=1S/C21H22N2O4/c24-19(22-11-10-14-4-3-6-17(12-14)21(26)27)9-8-16-13-15-5-1-2-7-18(15)23-20(16)25/h1-7,12,16H,8-11,13H2,(H,22,24)(H,23,25)(H,26,27). The molecular weight excluding hydrogens is 344 g/mol. The molecule has 1 heterocycles. The van der Waals surface area contributed by atoms with Crippen molar-refractivity contribution in [3.63, 3.8) is 0 Å². The van der Waals surface area contributed by atoms with Gasteiger partial charge in [-0.25, -0.2) is 4.79 Å². The smallest absolute Gasteiger partial charge is 0.335 e. The van der Waals surface area contributed by atoms with Crippen LogP contribution in [0.1, 0.15) is 34.3 Å². The van der Waals surface area contributed by atoms with E-state index in [2.05, 4.69) is 10.6 Å². The molecule has 0 saturated carbocycles. The average Bonchev–Trinajstić information content (AvgIpc) is 2.66. The Balaban J connectivity index is 1.43. The van der Waals surface area contributed by atoms with Gasteiger partial charge in [0.15, 0.2) is 0 Å². The molecule has 0 saturated heterocycles. The lowest BCUT2D eigenvalue weighted by Crippen LogP contribution is -2.32. The fourth-order valence-corrected chi connectivity index (χ4v) is 3.25. The van der Waals surface area contributed by atoms with Gasteiger partial charge >= 0.3 is 5.97 Å². The highest BCUT2D eigenvalue weighted by Gasteiger charge is 2.26. The van der Waals surface area contributed by atoms with Crippen LogP contribution in [0.5, 0.6) is 0 Å². The number of benzene rings is 2. The Bertz CT molecular complexity index is 863. The van der Waals surface area contributed by atoms with Crippen molar-refractivity contribution in [2.75, 3.05) is 11.9 Å². The van der Waals surface area contributed by atoms with Crippen molar-refractivity contribution in [2.45, 2.75) is 25.7 Å². The van der Waals surface area contributed by atoms with E-state index in [0.29, 0.717) is 25.8 Å². The number of hydrogen-bond acceptors (Lipinski definition) is 3. The molecule has 3 rings (SSSR count). The Kier molecular flexibility index (Phi) is 5.86. The number of hydrogen-bond donors (Lipinski definition) is 3. The van der Waals surface area contributed by atoms with Gasteiger partial charge in [0.2, 0.25) is 11.8 Å². The monoisotopic (exact) mass is 366 g/mol. The van der Waals surface area contributed by atoms with Crippen molar-refractivity contribution in [3.8, 4) is 0 Å². The van der Waals surface area contributed by atoms with E-state index in [-0.39, 0.29) is 29.7 Å². The number of carboxylic acid groups (broad SMARTS) is 1. The van der Waals surface area contributed by atoms with Gasteiger partial charge in [0, 0.05) is 24.6 Å². The number of nitrogens with one attached hydrogen (secondary N) is 2. The Morgan fingerprint density at radius 2 is 1.96 bits per heavy atom. The van der Waals surface area contributed by atoms with E-state index in [0.717, 1.165) is 16.8 Å². The Morgan fingerprint density at radius 3 is 2.78 bits per heavy atom. The summed E-state index contributed by atoms with van der Waals surface area (Å²) in [5.41, 5.74) is 3.05. The average molecular weight is 366 g/mol. The van der Waals surface area contributed by atoms with Gasteiger partial charge in [-0.15, -0.1) is 0 Å². The van der Waals surface area contributed by atoms with Crippen molar-refractivity contribution < 1.29 is 19.5 Å². The first-order valence-electron chi connectivity index (χ1n) is 9.00. The van der Waals surface area contributed by atoms with E-state index < -0.39 is 5.97 Å². The van der Waals surface area contributed by atoms with Gasteiger partial charge in [0.25, 0.3) is 0 Å². The number of carbonyl (C=O) groups excluding carboxylic acids is 2. The zero-order valence-corrected chi connectivity index (χ0v) is 14.9. The largest absolute Gasteiger partial charge is 0.478 e. The van der Waals surface area contributed by atoms with Crippen molar-refractivity contribution in [2.24, 2.45) is 5.92 Å². The maximum absolute atomic E-state index is 12.2. The molecule has 6 nitrogen and oxygen atoms in total. The fourth-order valence-electron chi connectivity index (χ4n) is 3.25. The highest BCUT2D eigenvalue weighted by atomic mass is 16.4. The van der Waals surface area contributed by atoms with E-state index in [1.165, 1.54) is 6.07 Å². The van der Waals surface area contributed by atoms with Crippen LogP contribution in [-0.2, 0) is 22.4 Å². The molecule has 0 aromatic heterocycles. The number of anilines is 1. The van der Waals surface area contributed by atoms with Crippen LogP contribution in [0.3, 0.4) is 0 Å². The minimum Gasteiger partial charge on any atom is -0.478 e. The van der Waals surface area contributed by atoms with Crippen molar-refractivity contribution in [1.29, 1.82) is 0 Å². The van der Waals surface area contributed by atoms with Crippen LogP contribution in [-0.4, -0.2) is 29.4 Å². The maximum atomic E-state index is 12.2. The summed E-state index contributed by atoms with van der Waals surface area (Å²) in [6, 6.07) is 14.4. The predicted octanol–water partition coefficient (Wildman–Crippen LogP) is 2.63. The molecule has 0 aliphatic carbocycles. The summed E-state index contributed by atoms with van der Waals surface area (Å²) in [5.74, 6) is -1.30. The number of carboxylic acids is 1. The minimum atomic E-state index is -0.965. The van der Waals surface area contributed by atoms with Gasteiger partial charge in [-0.05, 0) is 48.6 Å². The Hall–Kier alpha value is -3.15. The number of para-hydroxylation sites is 1. The molecule has 2 aromatic rings. The minimum absolute atomic E-state index is 0.0352. The second kappa shape index (κ2) is 8.49. The lowest BCUT2D eigenvalue weighted by molar-refractivity contribution is -0.122. The van der Waals surface area contributed by atoms with Crippen LogP contribution in [0, 0.1) is 5.92 Å². The molecule has 2 amide bonds. The second-order valence-electron chi connectivity index (χ2n) is 6.69. The first kappa shape index (κ1) is 18.6. The van der Waals surface area contributed by atoms with Gasteiger partial charge in [0.05, 0.1) is 5.56 Å². The normalized spacial score (nSPS) is 15.6. The van der Waals surface area contributed by atoms with Gasteiger partial charge in [-0.3, -0.25) is 9.59 Å². The van der Waals surface area contributed by atoms with Crippen molar-refractivity contribution >= 4 is 23.5 Å². The molecule has 0 spiro atoms. The summed E-state index contributed by atoms with van der Waals surface area (Å²) >= 11 is 0. The molecule has 2 aromatic carbocycles. The molecule has 0 radical (unpaired) electrons. The van der Waals surface area contributed by atoms with Crippen LogP contribution in [0.15, 0.2) is 48.5 Å². The van der Waals surface area contributed by atoms with Crippen LogP contribution in [0.2, 0.25) is 0 Å². The highest BCUT2D eigenvalue weighted by Crippen LogP contribution is 2.27. The number of amides is 2. The van der Waals surface area contributed by atoms with E-state index in [4.69, 9.17) is 5.11 Å². The molecule has 1 atom stereocenters. The SMILES string of the molecule is O=C(CCC1Cc2ccccc2NC1=O)NCCc1cccc(C(=O)O)c1. The van der Waals surface area contributed by atoms with Crippen LogP contribution < -0.4 is 10.6 Å². The first-order valence-corrected chi connectivity index (χ1v) is 9.00. The molecule has 27 heavy (non-hydrogen) atoms. The topological polar surface area (TPSA) is 95.5 Å². The summed E-state index contributed by atoms with van der Waals surface area (Å²) in [7, 11) is 0. The summed E-state index contributed by atoms with van der Waals surface area (Å²) < 4.78 is 0. The molecule has 140 valence electrons. The second-order valence-corrected chi connectivity index (χ2v) is 6.69. The van der Waals surface area contributed by atoms with Crippen LogP contribution in [0.25, 0.3) is 0 Å². The molecule has 3 N–H and O–H groups in total. The number of aromatic carboxylic acids is 1. The summed E-state index contributed by atoms with van der Waals surface area (Å²) in [6.45, 7) is 0.432. The number of fused-ring (bicyclic) bond motifs is 1. The fraction of sp³-hybridized carbons (Fsp3) is 0.286. The third kappa shape index (κ3) is 4.94. The zero-order chi connectivity index (χ0) is 19.2. The number of carbonyl (C=O) groups is 3. The number of rotatable bonds is 7. The Labute approximate surface area is 157 Å². The van der Waals surface area contributed by atoms with Crippen molar-refractivity contribution in [3.05, 3.63) is 65.2 Å². The van der Waals surface area contributed by atoms with E-state index in [9.17, 15) is 14.4 Å². The van der Waals surface area contributed by atoms with Crippen molar-refractivity contribution in [1.82, 2.24) is 5.32 Å². The summed E-state index contributed by atoms with van der Waals surface area (Å²) in [4.78, 5) is 35.2. The van der Waals surface area contributed by atoms with Crippen LogP contribution >= 0.6 is 0 Å². The molecule has 6 heteroatoms. The molecule has 1 unspecified atom stereocenters. The molecule has 0 bridgehead atoms. The maximum Gasteiger partial charge on any atom is 0.335 e. The zero-order valence-electron chi connectivity index (χ0n) is 14.9. The third-order valence-electron chi connectivity index (χ3n) is 4.74. The molecule has 1 aliphatic rings. The van der Waals surface area contributed by atoms with Gasteiger partial charge in [0.1, 0.15) is 0 Å². The quantitative estimate of drug-likeness (QED) is 0.702. The van der Waals surface area contributed by atoms with E-state index >= 15 is 0 Å². The van der Waals surface area contributed by atoms with Gasteiger partial charge in [-0.1, -0.05) is 30.3 Å². The molecule has 1 aliphatic heterocycles. The van der Waals surface area contributed by atoms with E-state index in [1.54, 1.807) is 12.1 Å². The molecule has 0 fully saturated rings. The summed E-state index contributed by atoms with van der Waals surface area (Å²) in [6.07, 6.45) is 2.00. The summed E-state index contributed by atoms with van der Waals surface area (Å²) in [5, 5.41) is 14.7. The molecular formula is C21H22N2O4. The van der Waals surface area contributed by atoms with Crippen LogP contribution in [0.4, 0.5) is 5.69 Å². The van der Waals surface area contributed by atoms with E-state index in [1.807, 2.05) is 30.3 Å². The lowest BCUT2D eigenvalue weighted by atomic mass is 9.89. The lowest BCUT2D eigenvalue weighted by Gasteiger charge is -2.24. The first-order chi connectivity index (χ1) is 13.0. The highest BCUT2D eigenvalue weighted by molar-refractivity contribution is 5.96. The van der Waals surface area contributed by atoms with Gasteiger partial charge < -0.3 is 15.7 Å². The van der Waals surface area contributed by atoms with Gasteiger partial charge in [-0.2, -0.15) is 0 Å².